The van der Waals surface area contributed by atoms with E-state index >= 15 is 0 Å². The molecule has 1 unspecified atom stereocenters. The molecule has 19 heavy (non-hydrogen) atoms. The van der Waals surface area contributed by atoms with Crippen LogP contribution in [0.1, 0.15) is 18.3 Å². The largest absolute Gasteiger partial charge is 0.396 e. The Morgan fingerprint density at radius 1 is 1.47 bits per heavy atom. The van der Waals surface area contributed by atoms with Crippen LogP contribution in [0.4, 0.5) is 0 Å². The third-order valence-corrected chi connectivity index (χ3v) is 5.18. The minimum absolute atomic E-state index is 0.0111. The van der Waals surface area contributed by atoms with E-state index in [9.17, 15) is 8.42 Å². The van der Waals surface area contributed by atoms with E-state index in [-0.39, 0.29) is 24.2 Å². The van der Waals surface area contributed by atoms with Crippen molar-refractivity contribution in [2.24, 2.45) is 0 Å². The normalized spacial score (nSPS) is 22.1. The molecule has 102 valence electrons. The van der Waals surface area contributed by atoms with Crippen molar-refractivity contribution in [1.82, 2.24) is 14.5 Å². The lowest BCUT2D eigenvalue weighted by atomic mass is 10.2. The lowest BCUT2D eigenvalue weighted by Gasteiger charge is -2.14. The van der Waals surface area contributed by atoms with Gasteiger partial charge in [0.25, 0.3) is 0 Å². The van der Waals surface area contributed by atoms with Crippen LogP contribution < -0.4 is 0 Å². The molecule has 1 N–H and O–H groups in total. The highest BCUT2D eigenvalue weighted by atomic mass is 32.2. The van der Waals surface area contributed by atoms with Crippen LogP contribution in [-0.2, 0) is 16.3 Å². The lowest BCUT2D eigenvalue weighted by molar-refractivity contribution is 0.293. The highest BCUT2D eigenvalue weighted by Crippen LogP contribution is 2.28. The second-order valence-electron chi connectivity index (χ2n) is 4.77. The monoisotopic (exact) mass is 281 g/mol. The molecule has 1 fully saturated rings. The highest BCUT2D eigenvalue weighted by molar-refractivity contribution is 7.91. The van der Waals surface area contributed by atoms with Gasteiger partial charge in [0.1, 0.15) is 11.3 Å². The summed E-state index contributed by atoms with van der Waals surface area (Å²) in [6, 6.07) is 3.53. The fourth-order valence-electron chi connectivity index (χ4n) is 2.62. The van der Waals surface area contributed by atoms with Crippen molar-refractivity contribution in [2.45, 2.75) is 18.9 Å². The Kier molecular flexibility index (Phi) is 3.02. The van der Waals surface area contributed by atoms with Gasteiger partial charge in [-0.3, -0.25) is 0 Å². The second kappa shape index (κ2) is 4.57. The van der Waals surface area contributed by atoms with Crippen molar-refractivity contribution in [1.29, 1.82) is 0 Å². The number of nitrogens with zero attached hydrogens (tertiary/aromatic N) is 3. The van der Waals surface area contributed by atoms with Gasteiger partial charge >= 0.3 is 0 Å². The molecule has 6 nitrogen and oxygen atoms in total. The van der Waals surface area contributed by atoms with E-state index in [1.54, 1.807) is 12.3 Å². The molecule has 2 aromatic rings. The topological polar surface area (TPSA) is 85.1 Å². The summed E-state index contributed by atoms with van der Waals surface area (Å²) in [5, 5.41) is 9.12. The molecule has 7 heteroatoms. The molecular weight excluding hydrogens is 266 g/mol. The molecule has 0 spiro atoms. The SMILES string of the molecule is O=S1(=O)CCC(n2c(CCO)nc3cccnc32)C1. The summed E-state index contributed by atoms with van der Waals surface area (Å²) in [4.78, 5) is 8.74. The van der Waals surface area contributed by atoms with Crippen LogP contribution >= 0.6 is 0 Å². The molecular formula is C12H15N3O3S. The Balaban J connectivity index is 2.12. The van der Waals surface area contributed by atoms with Crippen LogP contribution in [-0.4, -0.2) is 46.2 Å². The Morgan fingerprint density at radius 2 is 2.32 bits per heavy atom. The number of aliphatic hydroxyl groups excluding tert-OH is 1. The predicted octanol–water partition coefficient (Wildman–Crippen LogP) is 0.326. The standard InChI is InChI=1S/C12H15N3O3S/c16-6-3-11-14-10-2-1-5-13-12(10)15(11)9-4-7-19(17,18)8-9/h1-2,5,9,16H,3-4,6-8H2. The van der Waals surface area contributed by atoms with Crippen LogP contribution in [0.5, 0.6) is 0 Å². The van der Waals surface area contributed by atoms with Crippen molar-refractivity contribution in [3.8, 4) is 0 Å². The summed E-state index contributed by atoms with van der Waals surface area (Å²) >= 11 is 0. The first kappa shape index (κ1) is 12.6. The Bertz CT molecular complexity index is 708. The van der Waals surface area contributed by atoms with E-state index in [0.29, 0.717) is 24.3 Å². The fraction of sp³-hybridized carbons (Fsp3) is 0.500. The summed E-state index contributed by atoms with van der Waals surface area (Å²) in [7, 11) is -2.96. The molecule has 0 aromatic carbocycles. The number of imidazole rings is 1. The average molecular weight is 281 g/mol. The maximum absolute atomic E-state index is 11.6. The van der Waals surface area contributed by atoms with Crippen molar-refractivity contribution in [2.75, 3.05) is 18.1 Å². The van der Waals surface area contributed by atoms with Gasteiger partial charge in [0.15, 0.2) is 15.5 Å². The number of aliphatic hydroxyl groups is 1. The minimum atomic E-state index is -2.96. The van der Waals surface area contributed by atoms with E-state index in [0.717, 1.165) is 5.52 Å². The number of pyridine rings is 1. The summed E-state index contributed by atoms with van der Waals surface area (Å²) in [6.07, 6.45) is 2.67. The minimum Gasteiger partial charge on any atom is -0.396 e. The molecule has 0 bridgehead atoms. The third kappa shape index (κ3) is 2.23. The smallest absolute Gasteiger partial charge is 0.160 e. The van der Waals surface area contributed by atoms with Crippen LogP contribution in [0, 0.1) is 0 Å². The zero-order valence-electron chi connectivity index (χ0n) is 10.4. The van der Waals surface area contributed by atoms with Crippen LogP contribution in [0.15, 0.2) is 18.3 Å². The molecule has 0 amide bonds. The van der Waals surface area contributed by atoms with Gasteiger partial charge in [-0.1, -0.05) is 0 Å². The molecule has 1 aliphatic heterocycles. The number of hydrogen-bond donors (Lipinski definition) is 1. The maximum atomic E-state index is 11.6. The van der Waals surface area contributed by atoms with Gasteiger partial charge in [-0.05, 0) is 18.6 Å². The van der Waals surface area contributed by atoms with E-state index in [4.69, 9.17) is 5.11 Å². The number of rotatable bonds is 3. The Labute approximate surface area is 111 Å². The Morgan fingerprint density at radius 3 is 3.00 bits per heavy atom. The lowest BCUT2D eigenvalue weighted by Crippen LogP contribution is -2.15. The molecule has 2 aromatic heterocycles. The predicted molar refractivity (Wildman–Crippen MR) is 70.6 cm³/mol. The van der Waals surface area contributed by atoms with Crippen LogP contribution in [0.3, 0.4) is 0 Å². The van der Waals surface area contributed by atoms with Gasteiger partial charge in [0, 0.05) is 12.6 Å². The number of aromatic nitrogens is 3. The molecule has 1 aliphatic rings. The van der Waals surface area contributed by atoms with Crippen molar-refractivity contribution < 1.29 is 13.5 Å². The van der Waals surface area contributed by atoms with Gasteiger partial charge < -0.3 is 9.67 Å². The van der Waals surface area contributed by atoms with Gasteiger partial charge in [0.2, 0.25) is 0 Å². The highest BCUT2D eigenvalue weighted by Gasteiger charge is 2.31. The molecule has 1 saturated heterocycles. The van der Waals surface area contributed by atoms with Crippen molar-refractivity contribution in [3.05, 3.63) is 24.2 Å². The van der Waals surface area contributed by atoms with E-state index in [2.05, 4.69) is 9.97 Å². The summed E-state index contributed by atoms with van der Waals surface area (Å²) in [6.45, 7) is -0.0111. The average Bonchev–Trinajstić information content (AvgIpc) is 2.89. The number of hydrogen-bond acceptors (Lipinski definition) is 5. The molecule has 0 saturated carbocycles. The van der Waals surface area contributed by atoms with E-state index in [1.807, 2.05) is 10.6 Å². The Hall–Kier alpha value is -1.47. The second-order valence-corrected chi connectivity index (χ2v) is 7.00. The zero-order valence-corrected chi connectivity index (χ0v) is 11.2. The van der Waals surface area contributed by atoms with Gasteiger partial charge in [-0.2, -0.15) is 0 Å². The molecule has 0 aliphatic carbocycles. The van der Waals surface area contributed by atoms with Crippen LogP contribution in [0.25, 0.3) is 11.2 Å². The number of sulfone groups is 1. The summed E-state index contributed by atoms with van der Waals surface area (Å²) < 4.78 is 25.2. The molecule has 3 rings (SSSR count). The van der Waals surface area contributed by atoms with Crippen LogP contribution in [0.2, 0.25) is 0 Å². The van der Waals surface area contributed by atoms with Gasteiger partial charge in [-0.25, -0.2) is 18.4 Å². The molecule has 3 heterocycles. The number of fused-ring (bicyclic) bond motifs is 1. The molecule has 0 radical (unpaired) electrons. The van der Waals surface area contributed by atoms with Gasteiger partial charge in [0.05, 0.1) is 24.2 Å². The summed E-state index contributed by atoms with van der Waals surface area (Å²) in [5.74, 6) is 1.05. The molecule has 1 atom stereocenters. The maximum Gasteiger partial charge on any atom is 0.160 e. The van der Waals surface area contributed by atoms with Gasteiger partial charge in [-0.15, -0.1) is 0 Å². The van der Waals surface area contributed by atoms with Crippen molar-refractivity contribution >= 4 is 21.0 Å². The van der Waals surface area contributed by atoms with E-state index in [1.165, 1.54) is 0 Å². The quantitative estimate of drug-likeness (QED) is 0.876. The fourth-order valence-corrected chi connectivity index (χ4v) is 4.32. The van der Waals surface area contributed by atoms with E-state index < -0.39 is 9.84 Å². The third-order valence-electron chi connectivity index (χ3n) is 3.43. The zero-order chi connectivity index (χ0) is 13.5. The van der Waals surface area contributed by atoms with Crippen molar-refractivity contribution in [3.63, 3.8) is 0 Å². The first-order valence-electron chi connectivity index (χ1n) is 6.24. The summed E-state index contributed by atoms with van der Waals surface area (Å²) in [5.41, 5.74) is 1.45. The first-order chi connectivity index (χ1) is 9.11. The first-order valence-corrected chi connectivity index (χ1v) is 8.06.